The van der Waals surface area contributed by atoms with Crippen LogP contribution in [0, 0.1) is 0 Å². The number of alkyl halides is 4. The number of carbonyl (C=O) groups excluding carboxylic acids is 1. The molecule has 1 amide bonds. The maximum absolute atomic E-state index is 12.9. The van der Waals surface area contributed by atoms with Gasteiger partial charge in [-0.05, 0) is 56.8 Å². The molecule has 3 nitrogen and oxygen atoms in total. The zero-order chi connectivity index (χ0) is 18.6. The molecule has 8 heteroatoms. The SMILES string of the molecule is CC(C)N(Sc1cccc(C(F)(F)F)c1)C1CCN(C(=O)CCl)CC1. The van der Waals surface area contributed by atoms with Gasteiger partial charge in [-0.2, -0.15) is 13.2 Å². The Hall–Kier alpha value is -0.920. The van der Waals surface area contributed by atoms with E-state index >= 15 is 0 Å². The second kappa shape index (κ2) is 8.64. The Bertz CT molecular complexity index is 590. The fourth-order valence-electron chi connectivity index (χ4n) is 2.91. The van der Waals surface area contributed by atoms with E-state index in [-0.39, 0.29) is 23.9 Å². The summed E-state index contributed by atoms with van der Waals surface area (Å²) in [5, 5.41) is 0. The number of rotatable bonds is 5. The summed E-state index contributed by atoms with van der Waals surface area (Å²) in [5.74, 6) is -0.0842. The minimum absolute atomic E-state index is 0.0163. The zero-order valence-corrected chi connectivity index (χ0v) is 15.8. The van der Waals surface area contributed by atoms with Crippen molar-refractivity contribution in [3.63, 3.8) is 0 Å². The number of amides is 1. The first-order chi connectivity index (χ1) is 11.7. The minimum Gasteiger partial charge on any atom is -0.342 e. The smallest absolute Gasteiger partial charge is 0.342 e. The molecule has 0 radical (unpaired) electrons. The fraction of sp³-hybridized carbons (Fsp3) is 0.588. The van der Waals surface area contributed by atoms with Crippen LogP contribution in [-0.4, -0.2) is 46.2 Å². The largest absolute Gasteiger partial charge is 0.416 e. The first-order valence-corrected chi connectivity index (χ1v) is 9.50. The van der Waals surface area contributed by atoms with Crippen LogP contribution < -0.4 is 0 Å². The van der Waals surface area contributed by atoms with Crippen molar-refractivity contribution in [3.8, 4) is 0 Å². The van der Waals surface area contributed by atoms with E-state index in [1.807, 2.05) is 13.8 Å². The Kier molecular flexibility index (Phi) is 7.05. The molecular formula is C17H22ClF3N2OS. The van der Waals surface area contributed by atoms with Gasteiger partial charge in [0, 0.05) is 30.1 Å². The molecule has 1 aliphatic rings. The summed E-state index contributed by atoms with van der Waals surface area (Å²) in [7, 11) is 0. The normalized spacial score (nSPS) is 16.7. The van der Waals surface area contributed by atoms with Gasteiger partial charge in [-0.25, -0.2) is 4.31 Å². The van der Waals surface area contributed by atoms with E-state index in [4.69, 9.17) is 11.6 Å². The minimum atomic E-state index is -4.34. The number of benzene rings is 1. The summed E-state index contributed by atoms with van der Waals surface area (Å²) in [6, 6.07) is 5.78. The molecule has 0 unspecified atom stereocenters. The number of hydrogen-bond acceptors (Lipinski definition) is 3. The first-order valence-electron chi connectivity index (χ1n) is 8.19. The van der Waals surface area contributed by atoms with Crippen LogP contribution in [0.5, 0.6) is 0 Å². The highest BCUT2D eigenvalue weighted by molar-refractivity contribution is 7.97. The van der Waals surface area contributed by atoms with Crippen molar-refractivity contribution in [3.05, 3.63) is 29.8 Å². The highest BCUT2D eigenvalue weighted by Gasteiger charge is 2.32. The average molecular weight is 395 g/mol. The number of halogens is 4. The van der Waals surface area contributed by atoms with Gasteiger partial charge in [-0.15, -0.1) is 11.6 Å². The van der Waals surface area contributed by atoms with Crippen molar-refractivity contribution < 1.29 is 18.0 Å². The molecule has 1 aromatic carbocycles. The van der Waals surface area contributed by atoms with Crippen molar-refractivity contribution in [2.45, 2.75) is 49.8 Å². The lowest BCUT2D eigenvalue weighted by Crippen LogP contribution is -2.46. The van der Waals surface area contributed by atoms with E-state index in [0.29, 0.717) is 18.0 Å². The van der Waals surface area contributed by atoms with Gasteiger partial charge in [0.15, 0.2) is 0 Å². The summed E-state index contributed by atoms with van der Waals surface area (Å²) in [6.45, 7) is 5.30. The molecule has 1 aliphatic heterocycles. The van der Waals surface area contributed by atoms with Gasteiger partial charge in [0.2, 0.25) is 5.91 Å². The number of piperidine rings is 1. The lowest BCUT2D eigenvalue weighted by molar-refractivity contribution is -0.137. The van der Waals surface area contributed by atoms with Gasteiger partial charge < -0.3 is 4.90 Å². The van der Waals surface area contributed by atoms with Gasteiger partial charge in [0.1, 0.15) is 5.88 Å². The van der Waals surface area contributed by atoms with Crippen LogP contribution in [0.1, 0.15) is 32.3 Å². The van der Waals surface area contributed by atoms with Gasteiger partial charge in [-0.1, -0.05) is 6.07 Å². The second-order valence-electron chi connectivity index (χ2n) is 6.32. The third-order valence-corrected chi connectivity index (χ3v) is 5.80. The third-order valence-electron chi connectivity index (χ3n) is 4.17. The molecule has 0 aromatic heterocycles. The topological polar surface area (TPSA) is 23.6 Å². The van der Waals surface area contributed by atoms with E-state index in [2.05, 4.69) is 4.31 Å². The quantitative estimate of drug-likeness (QED) is 0.536. The highest BCUT2D eigenvalue weighted by Crippen LogP contribution is 2.35. The molecule has 1 saturated heterocycles. The van der Waals surface area contributed by atoms with Crippen LogP contribution in [0.4, 0.5) is 13.2 Å². The molecule has 0 saturated carbocycles. The van der Waals surface area contributed by atoms with Crippen LogP contribution in [0.3, 0.4) is 0 Å². The molecule has 1 heterocycles. The number of nitrogens with zero attached hydrogens (tertiary/aromatic N) is 2. The number of hydrogen-bond donors (Lipinski definition) is 0. The van der Waals surface area contributed by atoms with E-state index in [1.165, 1.54) is 24.1 Å². The Morgan fingerprint density at radius 2 is 2.00 bits per heavy atom. The fourth-order valence-corrected chi connectivity index (χ4v) is 4.21. The Morgan fingerprint density at radius 1 is 1.36 bits per heavy atom. The van der Waals surface area contributed by atoms with E-state index < -0.39 is 11.7 Å². The third kappa shape index (κ3) is 5.53. The van der Waals surface area contributed by atoms with Crippen LogP contribution in [0.25, 0.3) is 0 Å². The first kappa shape index (κ1) is 20.4. The van der Waals surface area contributed by atoms with Crippen molar-refractivity contribution in [1.29, 1.82) is 0 Å². The molecule has 140 valence electrons. The summed E-state index contributed by atoms with van der Waals surface area (Å²) in [5.41, 5.74) is -0.635. The number of carbonyl (C=O) groups is 1. The zero-order valence-electron chi connectivity index (χ0n) is 14.2. The highest BCUT2D eigenvalue weighted by atomic mass is 35.5. The van der Waals surface area contributed by atoms with Crippen LogP contribution in [0.2, 0.25) is 0 Å². The van der Waals surface area contributed by atoms with Crippen LogP contribution in [-0.2, 0) is 11.0 Å². The monoisotopic (exact) mass is 394 g/mol. The molecule has 0 bridgehead atoms. The lowest BCUT2D eigenvalue weighted by Gasteiger charge is -2.39. The molecule has 25 heavy (non-hydrogen) atoms. The van der Waals surface area contributed by atoms with E-state index in [9.17, 15) is 18.0 Å². The second-order valence-corrected chi connectivity index (χ2v) is 7.66. The molecule has 0 atom stereocenters. The predicted molar refractivity (Wildman–Crippen MR) is 94.6 cm³/mol. The summed E-state index contributed by atoms with van der Waals surface area (Å²) >= 11 is 6.95. The molecule has 0 aliphatic carbocycles. The molecule has 1 fully saturated rings. The summed E-state index contributed by atoms with van der Waals surface area (Å²) < 4.78 is 40.8. The molecule has 0 spiro atoms. The average Bonchev–Trinajstić information content (AvgIpc) is 2.58. The molecule has 2 rings (SSSR count). The van der Waals surface area contributed by atoms with Crippen molar-refractivity contribution in [2.75, 3.05) is 19.0 Å². The lowest BCUT2D eigenvalue weighted by atomic mass is 10.0. The number of likely N-dealkylation sites (tertiary alicyclic amines) is 1. The maximum atomic E-state index is 12.9. The van der Waals surface area contributed by atoms with Crippen molar-refractivity contribution in [1.82, 2.24) is 9.21 Å². The van der Waals surface area contributed by atoms with Gasteiger partial charge >= 0.3 is 6.18 Å². The molecular weight excluding hydrogens is 373 g/mol. The van der Waals surface area contributed by atoms with Crippen LogP contribution in [0.15, 0.2) is 29.2 Å². The Morgan fingerprint density at radius 3 is 2.52 bits per heavy atom. The maximum Gasteiger partial charge on any atom is 0.416 e. The van der Waals surface area contributed by atoms with E-state index in [1.54, 1.807) is 11.0 Å². The van der Waals surface area contributed by atoms with Gasteiger partial charge in [-0.3, -0.25) is 4.79 Å². The van der Waals surface area contributed by atoms with Gasteiger partial charge in [0.05, 0.1) is 5.56 Å². The molecule has 1 aromatic rings. The summed E-state index contributed by atoms with van der Waals surface area (Å²) in [4.78, 5) is 14.0. The standard InChI is InChI=1S/C17H22ClF3N2OS/c1-12(2)23(14-6-8-22(9-7-14)16(24)11-18)25-15-5-3-4-13(10-15)17(19,20)21/h3-5,10,12,14H,6-9,11H2,1-2H3. The van der Waals surface area contributed by atoms with Crippen LogP contribution >= 0.6 is 23.5 Å². The van der Waals surface area contributed by atoms with Gasteiger partial charge in [0.25, 0.3) is 0 Å². The Balaban J connectivity index is 2.06. The van der Waals surface area contributed by atoms with Crippen molar-refractivity contribution >= 4 is 29.5 Å². The Labute approximate surface area is 155 Å². The van der Waals surface area contributed by atoms with E-state index in [0.717, 1.165) is 18.9 Å². The predicted octanol–water partition coefficient (Wildman–Crippen LogP) is 4.65. The van der Waals surface area contributed by atoms with Crippen molar-refractivity contribution in [2.24, 2.45) is 0 Å². The molecule has 0 N–H and O–H groups in total. The summed E-state index contributed by atoms with van der Waals surface area (Å²) in [6.07, 6.45) is -2.77.